The Balaban J connectivity index is 1.53. The van der Waals surface area contributed by atoms with Crippen molar-refractivity contribution in [1.29, 1.82) is 0 Å². The number of Topliss-reactive ketones (excluding diaryl/α,β-unsaturated/α-hetero) is 1. The molecule has 0 fully saturated rings. The van der Waals surface area contributed by atoms with E-state index in [4.69, 9.17) is 4.74 Å². The SMILES string of the molecule is CCCc1c(OCc2cccc([S+]([O-])c3cccc(-c4nn[nH]n4)c3)c2)ccc(C(C)=O)c1O. The van der Waals surface area contributed by atoms with E-state index in [0.717, 1.165) is 17.5 Å². The van der Waals surface area contributed by atoms with Crippen molar-refractivity contribution >= 4 is 17.0 Å². The van der Waals surface area contributed by atoms with Gasteiger partial charge in [0.25, 0.3) is 0 Å². The highest BCUT2D eigenvalue weighted by Gasteiger charge is 2.19. The van der Waals surface area contributed by atoms with Crippen molar-refractivity contribution < 1.29 is 19.2 Å². The van der Waals surface area contributed by atoms with Crippen molar-refractivity contribution in [3.8, 4) is 22.9 Å². The van der Waals surface area contributed by atoms with E-state index < -0.39 is 11.2 Å². The fraction of sp³-hybridized carbons (Fsp3) is 0.200. The Morgan fingerprint density at radius 1 is 1.12 bits per heavy atom. The molecule has 0 saturated heterocycles. The summed E-state index contributed by atoms with van der Waals surface area (Å²) in [6.45, 7) is 3.65. The number of ketones is 1. The summed E-state index contributed by atoms with van der Waals surface area (Å²) < 4.78 is 19.2. The Bertz CT molecular complexity index is 1290. The summed E-state index contributed by atoms with van der Waals surface area (Å²) in [4.78, 5) is 13.0. The van der Waals surface area contributed by atoms with Crippen LogP contribution in [0.5, 0.6) is 11.5 Å². The minimum Gasteiger partial charge on any atom is -0.606 e. The lowest BCUT2D eigenvalue weighted by atomic mass is 10.0. The normalized spacial score (nSPS) is 11.9. The van der Waals surface area contributed by atoms with Crippen LogP contribution in [0.15, 0.2) is 70.5 Å². The number of aromatic nitrogens is 4. The van der Waals surface area contributed by atoms with Crippen molar-refractivity contribution in [3.05, 3.63) is 77.4 Å². The Kier molecular flexibility index (Phi) is 7.24. The highest BCUT2D eigenvalue weighted by atomic mass is 32.2. The standard InChI is InChI=1S/C25H24N4O4S/c1-3-6-22-23(12-11-21(16(2)30)24(22)31)33-15-17-7-4-9-19(13-17)34(32)20-10-5-8-18(14-20)25-26-28-29-27-25/h4-5,7-14,31H,3,6,15H2,1-2H3,(H,26,27,28,29). The number of aromatic amines is 1. The first-order valence-electron chi connectivity index (χ1n) is 10.8. The highest BCUT2D eigenvalue weighted by Crippen LogP contribution is 2.33. The Hall–Kier alpha value is -3.69. The lowest BCUT2D eigenvalue weighted by Gasteiger charge is -2.15. The molecule has 0 aliphatic heterocycles. The minimum atomic E-state index is -1.42. The number of tetrazole rings is 1. The fourth-order valence-electron chi connectivity index (χ4n) is 3.61. The number of carbonyl (C=O) groups is 1. The quantitative estimate of drug-likeness (QED) is 0.270. The zero-order valence-electron chi connectivity index (χ0n) is 18.8. The second-order valence-corrected chi connectivity index (χ2v) is 9.19. The number of benzene rings is 3. The summed E-state index contributed by atoms with van der Waals surface area (Å²) in [5.41, 5.74) is 2.46. The van der Waals surface area contributed by atoms with E-state index in [0.29, 0.717) is 33.3 Å². The lowest BCUT2D eigenvalue weighted by Crippen LogP contribution is -2.05. The molecule has 9 heteroatoms. The van der Waals surface area contributed by atoms with Gasteiger partial charge in [-0.2, -0.15) is 5.21 Å². The highest BCUT2D eigenvalue weighted by molar-refractivity contribution is 7.91. The molecule has 1 atom stereocenters. The van der Waals surface area contributed by atoms with Crippen molar-refractivity contribution in [2.75, 3.05) is 0 Å². The molecule has 4 aromatic rings. The van der Waals surface area contributed by atoms with Crippen LogP contribution in [0.2, 0.25) is 0 Å². The van der Waals surface area contributed by atoms with Crippen molar-refractivity contribution in [1.82, 2.24) is 20.6 Å². The van der Waals surface area contributed by atoms with E-state index in [-0.39, 0.29) is 23.7 Å². The maximum atomic E-state index is 13.2. The van der Waals surface area contributed by atoms with Crippen molar-refractivity contribution in [3.63, 3.8) is 0 Å². The van der Waals surface area contributed by atoms with Gasteiger partial charge in [0.2, 0.25) is 5.82 Å². The topological polar surface area (TPSA) is 124 Å². The molecule has 1 unspecified atom stereocenters. The van der Waals surface area contributed by atoms with Crippen molar-refractivity contribution in [2.45, 2.75) is 43.1 Å². The molecule has 0 spiro atoms. The van der Waals surface area contributed by atoms with Gasteiger partial charge in [0.1, 0.15) is 18.1 Å². The van der Waals surface area contributed by atoms with Gasteiger partial charge < -0.3 is 14.4 Å². The van der Waals surface area contributed by atoms with Crippen LogP contribution in [0.25, 0.3) is 11.4 Å². The molecule has 0 bridgehead atoms. The number of phenols is 1. The molecular weight excluding hydrogens is 452 g/mol. The second-order valence-electron chi connectivity index (χ2n) is 7.71. The Morgan fingerprint density at radius 3 is 2.59 bits per heavy atom. The largest absolute Gasteiger partial charge is 0.606 e. The first kappa shape index (κ1) is 23.5. The van der Waals surface area contributed by atoms with Crippen LogP contribution in [0.3, 0.4) is 0 Å². The van der Waals surface area contributed by atoms with E-state index in [1.54, 1.807) is 36.4 Å². The molecule has 1 aromatic heterocycles. The summed E-state index contributed by atoms with van der Waals surface area (Å²) in [5.74, 6) is 0.745. The number of carbonyl (C=O) groups excluding carboxylic acids is 1. The zero-order valence-corrected chi connectivity index (χ0v) is 19.6. The molecule has 34 heavy (non-hydrogen) atoms. The van der Waals surface area contributed by atoms with Gasteiger partial charge in [0.15, 0.2) is 15.6 Å². The van der Waals surface area contributed by atoms with Crippen LogP contribution in [0.4, 0.5) is 0 Å². The molecule has 8 nitrogen and oxygen atoms in total. The van der Waals surface area contributed by atoms with E-state index in [1.165, 1.54) is 6.92 Å². The van der Waals surface area contributed by atoms with Gasteiger partial charge in [-0.15, -0.1) is 10.2 Å². The Morgan fingerprint density at radius 2 is 1.88 bits per heavy atom. The predicted octanol–water partition coefficient (Wildman–Crippen LogP) is 4.47. The zero-order chi connectivity index (χ0) is 24.1. The molecule has 4 rings (SSSR count). The molecule has 3 aromatic carbocycles. The fourth-order valence-corrected chi connectivity index (χ4v) is 4.78. The van der Waals surface area contributed by atoms with Crippen LogP contribution < -0.4 is 4.74 Å². The average molecular weight is 477 g/mol. The number of H-pyrrole nitrogens is 1. The number of aromatic hydroxyl groups is 1. The number of phenolic OH excluding ortho intramolecular Hbond substituents is 1. The number of hydrogen-bond acceptors (Lipinski definition) is 7. The molecule has 0 aliphatic carbocycles. The molecule has 174 valence electrons. The van der Waals surface area contributed by atoms with Crippen LogP contribution in [0.1, 0.15) is 41.8 Å². The summed E-state index contributed by atoms with van der Waals surface area (Å²) in [6.07, 6.45) is 1.38. The smallest absolute Gasteiger partial charge is 0.204 e. The molecule has 0 saturated carbocycles. The number of hydrogen-bond donors (Lipinski definition) is 2. The van der Waals surface area contributed by atoms with Gasteiger partial charge in [-0.05, 0) is 48.4 Å². The third kappa shape index (κ3) is 5.11. The lowest BCUT2D eigenvalue weighted by molar-refractivity contribution is 0.101. The molecular formula is C25H24N4O4S. The van der Waals surface area contributed by atoms with Gasteiger partial charge in [-0.1, -0.05) is 37.6 Å². The van der Waals surface area contributed by atoms with E-state index in [1.807, 2.05) is 31.2 Å². The number of nitrogens with zero attached hydrogens (tertiary/aromatic N) is 3. The van der Waals surface area contributed by atoms with Gasteiger partial charge in [-0.25, -0.2) is 0 Å². The number of nitrogens with one attached hydrogen (secondary N) is 1. The van der Waals surface area contributed by atoms with E-state index in [2.05, 4.69) is 20.6 Å². The molecule has 1 heterocycles. The van der Waals surface area contributed by atoms with E-state index in [9.17, 15) is 14.5 Å². The van der Waals surface area contributed by atoms with Gasteiger partial charge in [-0.3, -0.25) is 4.79 Å². The van der Waals surface area contributed by atoms with Crippen LogP contribution >= 0.6 is 0 Å². The third-order valence-electron chi connectivity index (χ3n) is 5.28. The first-order chi connectivity index (χ1) is 16.5. The summed E-state index contributed by atoms with van der Waals surface area (Å²) in [7, 11) is 0. The number of ether oxygens (including phenoxy) is 1. The molecule has 0 aliphatic rings. The van der Waals surface area contributed by atoms with Crippen LogP contribution in [0, 0.1) is 0 Å². The average Bonchev–Trinajstić information content (AvgIpc) is 3.39. The molecule has 0 radical (unpaired) electrons. The minimum absolute atomic E-state index is 0.0248. The monoisotopic (exact) mass is 476 g/mol. The number of rotatable bonds is 9. The first-order valence-corrected chi connectivity index (χ1v) is 12.0. The maximum Gasteiger partial charge on any atom is 0.204 e. The summed E-state index contributed by atoms with van der Waals surface area (Å²) >= 11 is -1.42. The van der Waals surface area contributed by atoms with Gasteiger partial charge in [0, 0.05) is 34.4 Å². The van der Waals surface area contributed by atoms with Crippen LogP contribution in [-0.4, -0.2) is 36.1 Å². The molecule has 0 amide bonds. The van der Waals surface area contributed by atoms with Crippen molar-refractivity contribution in [2.24, 2.45) is 0 Å². The Labute approximate surface area is 200 Å². The van der Waals surface area contributed by atoms with E-state index >= 15 is 0 Å². The third-order valence-corrected chi connectivity index (χ3v) is 6.64. The second kappa shape index (κ2) is 10.5. The predicted molar refractivity (Wildman–Crippen MR) is 127 cm³/mol. The maximum absolute atomic E-state index is 13.2. The molecule has 2 N–H and O–H groups in total. The van der Waals surface area contributed by atoms with Gasteiger partial charge >= 0.3 is 0 Å². The van der Waals surface area contributed by atoms with Crippen LogP contribution in [-0.2, 0) is 24.2 Å². The summed E-state index contributed by atoms with van der Waals surface area (Å²) in [6, 6.07) is 17.9. The van der Waals surface area contributed by atoms with Gasteiger partial charge in [0.05, 0.1) is 5.56 Å². The summed E-state index contributed by atoms with van der Waals surface area (Å²) in [5, 5.41) is 24.5.